The summed E-state index contributed by atoms with van der Waals surface area (Å²) in [5.74, 6) is -0.434. The second-order valence-corrected chi connectivity index (χ2v) is 6.89. The van der Waals surface area contributed by atoms with E-state index in [1.54, 1.807) is 42.5 Å². The fourth-order valence-electron chi connectivity index (χ4n) is 2.91. The highest BCUT2D eigenvalue weighted by Gasteiger charge is 2.13. The molecule has 0 heterocycles. The minimum atomic E-state index is -0.496. The maximum absolute atomic E-state index is 12.2. The first kappa shape index (κ1) is 21.7. The highest BCUT2D eigenvalue weighted by atomic mass is 16.5. The number of benzene rings is 2. The number of carbonyl (C=O) groups is 2. The molecule has 0 saturated heterocycles. The fourth-order valence-corrected chi connectivity index (χ4v) is 2.91. The van der Waals surface area contributed by atoms with Crippen LogP contribution < -0.4 is 4.74 Å². The van der Waals surface area contributed by atoms with Crippen LogP contribution >= 0.6 is 0 Å². The van der Waals surface area contributed by atoms with Gasteiger partial charge in [0.05, 0.1) is 17.7 Å². The van der Waals surface area contributed by atoms with Crippen molar-refractivity contribution in [1.29, 1.82) is 0 Å². The molecule has 0 saturated carbocycles. The van der Waals surface area contributed by atoms with Gasteiger partial charge in [-0.2, -0.15) is 0 Å². The molecule has 0 amide bonds. The van der Waals surface area contributed by atoms with Gasteiger partial charge in [0.2, 0.25) is 0 Å². The Labute approximate surface area is 167 Å². The van der Waals surface area contributed by atoms with Crippen LogP contribution in [0, 0.1) is 0 Å². The lowest BCUT2D eigenvalue weighted by atomic mass is 10.1. The van der Waals surface area contributed by atoms with Gasteiger partial charge in [-0.1, -0.05) is 76.1 Å². The van der Waals surface area contributed by atoms with Crippen molar-refractivity contribution in [3.63, 3.8) is 0 Å². The van der Waals surface area contributed by atoms with Gasteiger partial charge in [-0.05, 0) is 36.8 Å². The van der Waals surface area contributed by atoms with E-state index in [-0.39, 0.29) is 0 Å². The largest absolute Gasteiger partial charge is 0.462 e. The molecule has 0 atom stereocenters. The second-order valence-electron chi connectivity index (χ2n) is 6.89. The highest BCUT2D eigenvalue weighted by molar-refractivity contribution is 5.96. The number of para-hydroxylation sites is 1. The van der Waals surface area contributed by atoms with Crippen LogP contribution in [0.1, 0.15) is 79.0 Å². The fraction of sp³-hybridized carbons (Fsp3) is 0.417. The molecule has 28 heavy (non-hydrogen) atoms. The third-order valence-corrected chi connectivity index (χ3v) is 4.52. The van der Waals surface area contributed by atoms with E-state index in [9.17, 15) is 9.59 Å². The summed E-state index contributed by atoms with van der Waals surface area (Å²) in [4.78, 5) is 24.5. The monoisotopic (exact) mass is 382 g/mol. The zero-order valence-corrected chi connectivity index (χ0v) is 16.7. The summed E-state index contributed by atoms with van der Waals surface area (Å²) >= 11 is 0. The van der Waals surface area contributed by atoms with Crippen LogP contribution in [0.4, 0.5) is 0 Å². The summed E-state index contributed by atoms with van der Waals surface area (Å²) in [7, 11) is 0. The van der Waals surface area contributed by atoms with Crippen molar-refractivity contribution in [1.82, 2.24) is 0 Å². The van der Waals surface area contributed by atoms with Crippen molar-refractivity contribution >= 4 is 11.9 Å². The Bertz CT molecular complexity index is 724. The van der Waals surface area contributed by atoms with Gasteiger partial charge in [-0.3, -0.25) is 0 Å². The summed E-state index contributed by atoms with van der Waals surface area (Å²) in [6.45, 7) is 2.63. The third kappa shape index (κ3) is 7.95. The topological polar surface area (TPSA) is 52.6 Å². The van der Waals surface area contributed by atoms with Crippen molar-refractivity contribution in [3.8, 4) is 5.75 Å². The van der Waals surface area contributed by atoms with E-state index in [0.717, 1.165) is 12.8 Å². The molecule has 0 bridgehead atoms. The lowest BCUT2D eigenvalue weighted by Gasteiger charge is -2.07. The first-order valence-corrected chi connectivity index (χ1v) is 10.2. The van der Waals surface area contributed by atoms with Crippen LogP contribution in [0.5, 0.6) is 5.75 Å². The van der Waals surface area contributed by atoms with E-state index in [4.69, 9.17) is 9.47 Å². The maximum Gasteiger partial charge on any atom is 0.343 e. The quantitative estimate of drug-likeness (QED) is 0.249. The summed E-state index contributed by atoms with van der Waals surface area (Å²) in [6.07, 6.45) is 9.56. The average molecular weight is 383 g/mol. The molecule has 0 aromatic heterocycles. The van der Waals surface area contributed by atoms with Crippen LogP contribution in [-0.2, 0) is 4.74 Å². The summed E-state index contributed by atoms with van der Waals surface area (Å²) in [6, 6.07) is 15.3. The van der Waals surface area contributed by atoms with Crippen molar-refractivity contribution < 1.29 is 19.1 Å². The Morgan fingerprint density at radius 3 is 2.00 bits per heavy atom. The number of carbonyl (C=O) groups excluding carboxylic acids is 2. The van der Waals surface area contributed by atoms with Crippen LogP contribution in [-0.4, -0.2) is 18.5 Å². The molecule has 0 fully saturated rings. The Morgan fingerprint density at radius 2 is 1.32 bits per heavy atom. The Morgan fingerprint density at radius 1 is 0.714 bits per heavy atom. The number of esters is 2. The number of rotatable bonds is 12. The molecule has 2 aromatic rings. The normalized spacial score (nSPS) is 10.5. The van der Waals surface area contributed by atoms with Crippen LogP contribution in [0.3, 0.4) is 0 Å². The van der Waals surface area contributed by atoms with Gasteiger partial charge in [-0.15, -0.1) is 0 Å². The van der Waals surface area contributed by atoms with Crippen LogP contribution in [0.15, 0.2) is 54.6 Å². The molecule has 2 rings (SSSR count). The van der Waals surface area contributed by atoms with E-state index >= 15 is 0 Å². The van der Waals surface area contributed by atoms with Crippen molar-refractivity contribution in [2.24, 2.45) is 0 Å². The molecular formula is C24H30O4. The maximum atomic E-state index is 12.2. The first-order valence-electron chi connectivity index (χ1n) is 10.2. The Kier molecular flexibility index (Phi) is 9.84. The summed E-state index contributed by atoms with van der Waals surface area (Å²) in [5, 5.41) is 0. The molecule has 0 unspecified atom stereocenters. The Hall–Kier alpha value is -2.62. The van der Waals surface area contributed by atoms with E-state index in [1.807, 2.05) is 6.07 Å². The number of hydrogen-bond donors (Lipinski definition) is 0. The predicted octanol–water partition coefficient (Wildman–Crippen LogP) is 6.20. The molecule has 0 aliphatic carbocycles. The van der Waals surface area contributed by atoms with Gasteiger partial charge < -0.3 is 9.47 Å². The minimum Gasteiger partial charge on any atom is -0.462 e. The molecule has 0 radical (unpaired) electrons. The molecule has 2 aromatic carbocycles. The van der Waals surface area contributed by atoms with Crippen molar-refractivity contribution in [2.75, 3.05) is 6.61 Å². The van der Waals surface area contributed by atoms with Crippen LogP contribution in [0.2, 0.25) is 0 Å². The lowest BCUT2D eigenvalue weighted by Crippen LogP contribution is -2.11. The summed E-state index contributed by atoms with van der Waals surface area (Å²) < 4.78 is 10.6. The van der Waals surface area contributed by atoms with E-state index in [1.165, 1.54) is 44.6 Å². The van der Waals surface area contributed by atoms with E-state index in [0.29, 0.717) is 23.5 Å². The molecule has 4 nitrogen and oxygen atoms in total. The third-order valence-electron chi connectivity index (χ3n) is 4.52. The molecule has 150 valence electrons. The van der Waals surface area contributed by atoms with E-state index < -0.39 is 11.9 Å². The van der Waals surface area contributed by atoms with Crippen molar-refractivity contribution in [3.05, 3.63) is 65.7 Å². The smallest absolute Gasteiger partial charge is 0.343 e. The first-order chi connectivity index (χ1) is 13.7. The molecule has 0 aliphatic heterocycles. The van der Waals surface area contributed by atoms with Gasteiger partial charge in [0.25, 0.3) is 0 Å². The van der Waals surface area contributed by atoms with Gasteiger partial charge in [-0.25, -0.2) is 9.59 Å². The van der Waals surface area contributed by atoms with Crippen molar-refractivity contribution in [2.45, 2.75) is 58.3 Å². The number of hydrogen-bond acceptors (Lipinski definition) is 4. The summed E-state index contributed by atoms with van der Waals surface area (Å²) in [5.41, 5.74) is 0.687. The molecule has 4 heteroatoms. The number of ether oxygens (including phenoxy) is 2. The zero-order chi connectivity index (χ0) is 20.0. The predicted molar refractivity (Wildman–Crippen MR) is 111 cm³/mol. The molecule has 0 spiro atoms. The van der Waals surface area contributed by atoms with Crippen LogP contribution in [0.25, 0.3) is 0 Å². The second kappa shape index (κ2) is 12.7. The van der Waals surface area contributed by atoms with Gasteiger partial charge >= 0.3 is 11.9 Å². The highest BCUT2D eigenvalue weighted by Crippen LogP contribution is 2.14. The molecular weight excluding hydrogens is 352 g/mol. The molecule has 0 N–H and O–H groups in total. The van der Waals surface area contributed by atoms with Gasteiger partial charge in [0.15, 0.2) is 0 Å². The minimum absolute atomic E-state index is 0.324. The van der Waals surface area contributed by atoms with E-state index in [2.05, 4.69) is 6.92 Å². The lowest BCUT2D eigenvalue weighted by molar-refractivity contribution is 0.0497. The van der Waals surface area contributed by atoms with Gasteiger partial charge in [0, 0.05) is 0 Å². The molecule has 0 aliphatic rings. The standard InChI is InChI=1S/C24H30O4/c1-2-3-4-5-6-7-8-12-18-27-23(25)20-14-13-15-21(19-20)24(26)28-22-16-10-9-11-17-22/h9-11,13-17,19H,2-8,12,18H2,1H3. The SMILES string of the molecule is CCCCCCCCCCOC(=O)c1cccc(C(=O)Oc2ccccc2)c1. The zero-order valence-electron chi connectivity index (χ0n) is 16.7. The average Bonchev–Trinajstić information content (AvgIpc) is 2.73. The Balaban J connectivity index is 1.72. The number of unbranched alkanes of at least 4 members (excludes halogenated alkanes) is 7. The van der Waals surface area contributed by atoms with Gasteiger partial charge in [0.1, 0.15) is 5.75 Å².